The van der Waals surface area contributed by atoms with E-state index in [2.05, 4.69) is 37.4 Å². The summed E-state index contributed by atoms with van der Waals surface area (Å²) in [6.07, 6.45) is 1.11. The third-order valence-electron chi connectivity index (χ3n) is 3.94. The first kappa shape index (κ1) is 17.1. The van der Waals surface area contributed by atoms with E-state index in [0.717, 1.165) is 23.2 Å². The summed E-state index contributed by atoms with van der Waals surface area (Å²) in [5.41, 5.74) is 4.35. The van der Waals surface area contributed by atoms with Gasteiger partial charge in [0, 0.05) is 5.69 Å². The zero-order valence-corrected chi connectivity index (χ0v) is 14.3. The van der Waals surface area contributed by atoms with Crippen molar-refractivity contribution >= 4 is 11.6 Å². The Kier molecular flexibility index (Phi) is 5.80. The SMILES string of the molecule is CCC(C)c1ccc(OCC(=O)Nc2cc(C)cc(C)c2)cc1. The molecule has 0 aliphatic heterocycles. The number of aryl methyl sites for hydroxylation is 2. The molecule has 0 saturated heterocycles. The third kappa shape index (κ3) is 5.13. The summed E-state index contributed by atoms with van der Waals surface area (Å²) in [7, 11) is 0. The van der Waals surface area contributed by atoms with E-state index in [1.807, 2.05) is 38.1 Å². The van der Waals surface area contributed by atoms with Gasteiger partial charge >= 0.3 is 0 Å². The van der Waals surface area contributed by atoms with Crippen LogP contribution in [0, 0.1) is 13.8 Å². The Bertz CT molecular complexity index is 642. The van der Waals surface area contributed by atoms with Crippen LogP contribution in [0.25, 0.3) is 0 Å². The molecular formula is C20H25NO2. The third-order valence-corrected chi connectivity index (χ3v) is 3.94. The monoisotopic (exact) mass is 311 g/mol. The highest BCUT2D eigenvalue weighted by Gasteiger charge is 2.06. The molecule has 1 amide bonds. The molecule has 0 saturated carbocycles. The van der Waals surface area contributed by atoms with Gasteiger partial charge in [0.1, 0.15) is 5.75 Å². The average Bonchev–Trinajstić information content (AvgIpc) is 2.51. The molecular weight excluding hydrogens is 286 g/mol. The quantitative estimate of drug-likeness (QED) is 0.829. The fourth-order valence-electron chi connectivity index (χ4n) is 2.52. The van der Waals surface area contributed by atoms with E-state index in [4.69, 9.17) is 4.74 Å². The number of carbonyl (C=O) groups is 1. The molecule has 122 valence electrons. The highest BCUT2D eigenvalue weighted by molar-refractivity contribution is 5.92. The van der Waals surface area contributed by atoms with Crippen molar-refractivity contribution in [1.82, 2.24) is 0 Å². The van der Waals surface area contributed by atoms with Crippen molar-refractivity contribution in [3.8, 4) is 5.75 Å². The van der Waals surface area contributed by atoms with Crippen LogP contribution < -0.4 is 10.1 Å². The Balaban J connectivity index is 1.89. The van der Waals surface area contributed by atoms with Crippen LogP contribution in [0.2, 0.25) is 0 Å². The maximum absolute atomic E-state index is 12.0. The minimum absolute atomic E-state index is 0.00959. The second-order valence-electron chi connectivity index (χ2n) is 6.09. The number of hydrogen-bond donors (Lipinski definition) is 1. The average molecular weight is 311 g/mol. The number of amides is 1. The van der Waals surface area contributed by atoms with Crippen molar-refractivity contribution in [2.75, 3.05) is 11.9 Å². The molecule has 2 rings (SSSR count). The molecule has 3 nitrogen and oxygen atoms in total. The van der Waals surface area contributed by atoms with Crippen molar-refractivity contribution in [2.45, 2.75) is 40.0 Å². The van der Waals surface area contributed by atoms with E-state index in [0.29, 0.717) is 11.7 Å². The highest BCUT2D eigenvalue weighted by atomic mass is 16.5. The molecule has 2 aromatic carbocycles. The largest absolute Gasteiger partial charge is 0.484 e. The van der Waals surface area contributed by atoms with Crippen LogP contribution in [0.4, 0.5) is 5.69 Å². The second kappa shape index (κ2) is 7.82. The van der Waals surface area contributed by atoms with Crippen molar-refractivity contribution < 1.29 is 9.53 Å². The summed E-state index contributed by atoms with van der Waals surface area (Å²) in [5.74, 6) is 1.10. The molecule has 1 unspecified atom stereocenters. The first-order chi connectivity index (χ1) is 11.0. The van der Waals surface area contributed by atoms with Gasteiger partial charge in [0.25, 0.3) is 5.91 Å². The van der Waals surface area contributed by atoms with Gasteiger partial charge in [-0.2, -0.15) is 0 Å². The van der Waals surface area contributed by atoms with Gasteiger partial charge in [-0.25, -0.2) is 0 Å². The Hall–Kier alpha value is -2.29. The van der Waals surface area contributed by atoms with E-state index in [1.54, 1.807) is 0 Å². The minimum Gasteiger partial charge on any atom is -0.484 e. The van der Waals surface area contributed by atoms with Crippen LogP contribution in [-0.2, 0) is 4.79 Å². The Morgan fingerprint density at radius 3 is 2.26 bits per heavy atom. The van der Waals surface area contributed by atoms with E-state index < -0.39 is 0 Å². The lowest BCUT2D eigenvalue weighted by molar-refractivity contribution is -0.118. The molecule has 0 radical (unpaired) electrons. The Labute approximate surface area is 138 Å². The summed E-state index contributed by atoms with van der Waals surface area (Å²) in [6.45, 7) is 8.41. The van der Waals surface area contributed by atoms with Gasteiger partial charge in [0.2, 0.25) is 0 Å². The van der Waals surface area contributed by atoms with Crippen LogP contribution >= 0.6 is 0 Å². The molecule has 23 heavy (non-hydrogen) atoms. The van der Waals surface area contributed by atoms with Crippen LogP contribution in [0.1, 0.15) is 42.9 Å². The van der Waals surface area contributed by atoms with Crippen LogP contribution in [-0.4, -0.2) is 12.5 Å². The van der Waals surface area contributed by atoms with Crippen LogP contribution in [0.3, 0.4) is 0 Å². The van der Waals surface area contributed by atoms with Gasteiger partial charge in [-0.05, 0) is 67.1 Å². The molecule has 0 spiro atoms. The molecule has 3 heteroatoms. The molecule has 0 heterocycles. The molecule has 1 N–H and O–H groups in total. The highest BCUT2D eigenvalue weighted by Crippen LogP contribution is 2.21. The van der Waals surface area contributed by atoms with Crippen molar-refractivity contribution in [3.63, 3.8) is 0 Å². The normalized spacial score (nSPS) is 11.8. The molecule has 0 fully saturated rings. The number of nitrogens with one attached hydrogen (secondary N) is 1. The maximum atomic E-state index is 12.0. The minimum atomic E-state index is -0.152. The van der Waals surface area contributed by atoms with Gasteiger partial charge in [0.05, 0.1) is 0 Å². The van der Waals surface area contributed by atoms with Gasteiger partial charge < -0.3 is 10.1 Å². The zero-order valence-electron chi connectivity index (χ0n) is 14.3. The first-order valence-electron chi connectivity index (χ1n) is 8.09. The predicted molar refractivity (Wildman–Crippen MR) is 95.2 cm³/mol. The van der Waals surface area contributed by atoms with Crippen LogP contribution in [0.15, 0.2) is 42.5 Å². The lowest BCUT2D eigenvalue weighted by Crippen LogP contribution is -2.20. The van der Waals surface area contributed by atoms with E-state index >= 15 is 0 Å². The molecule has 1 atom stereocenters. The fraction of sp³-hybridized carbons (Fsp3) is 0.350. The van der Waals surface area contributed by atoms with Crippen LogP contribution in [0.5, 0.6) is 5.75 Å². The molecule has 0 aliphatic carbocycles. The Morgan fingerprint density at radius 1 is 1.09 bits per heavy atom. The van der Waals surface area contributed by atoms with Gasteiger partial charge in [-0.1, -0.05) is 32.0 Å². The standard InChI is InChI=1S/C20H25NO2/c1-5-16(4)17-6-8-19(9-7-17)23-13-20(22)21-18-11-14(2)10-15(3)12-18/h6-12,16H,5,13H2,1-4H3,(H,21,22). The smallest absolute Gasteiger partial charge is 0.262 e. The Morgan fingerprint density at radius 2 is 1.70 bits per heavy atom. The number of anilines is 1. The van der Waals surface area contributed by atoms with Crippen molar-refractivity contribution in [1.29, 1.82) is 0 Å². The molecule has 0 aliphatic rings. The first-order valence-corrected chi connectivity index (χ1v) is 8.09. The lowest BCUT2D eigenvalue weighted by Gasteiger charge is -2.11. The van der Waals surface area contributed by atoms with Crippen molar-refractivity contribution in [2.24, 2.45) is 0 Å². The van der Waals surface area contributed by atoms with Gasteiger partial charge in [0.15, 0.2) is 6.61 Å². The second-order valence-corrected chi connectivity index (χ2v) is 6.09. The molecule has 0 bridgehead atoms. The molecule has 2 aromatic rings. The van der Waals surface area contributed by atoms with Gasteiger partial charge in [-0.3, -0.25) is 4.79 Å². The summed E-state index contributed by atoms with van der Waals surface area (Å²) in [6, 6.07) is 13.9. The number of rotatable bonds is 6. The fourth-order valence-corrected chi connectivity index (χ4v) is 2.52. The summed E-state index contributed by atoms with van der Waals surface area (Å²) < 4.78 is 5.56. The lowest BCUT2D eigenvalue weighted by atomic mass is 9.99. The predicted octanol–water partition coefficient (Wildman–Crippen LogP) is 4.83. The summed E-state index contributed by atoms with van der Waals surface area (Å²) >= 11 is 0. The molecule has 0 aromatic heterocycles. The van der Waals surface area contributed by atoms with E-state index in [1.165, 1.54) is 5.56 Å². The maximum Gasteiger partial charge on any atom is 0.262 e. The van der Waals surface area contributed by atoms with Gasteiger partial charge in [-0.15, -0.1) is 0 Å². The van der Waals surface area contributed by atoms with Crippen molar-refractivity contribution in [3.05, 3.63) is 59.2 Å². The topological polar surface area (TPSA) is 38.3 Å². The summed E-state index contributed by atoms with van der Waals surface area (Å²) in [5, 5.41) is 2.87. The summed E-state index contributed by atoms with van der Waals surface area (Å²) in [4.78, 5) is 12.0. The number of hydrogen-bond acceptors (Lipinski definition) is 2. The van der Waals surface area contributed by atoms with E-state index in [9.17, 15) is 4.79 Å². The number of ether oxygens (including phenoxy) is 1. The zero-order chi connectivity index (χ0) is 16.8. The number of benzene rings is 2. The number of carbonyl (C=O) groups excluding carboxylic acids is 1. The van der Waals surface area contributed by atoms with E-state index in [-0.39, 0.29) is 12.5 Å².